The maximum absolute atomic E-state index is 7.55. The summed E-state index contributed by atoms with van der Waals surface area (Å²) in [4.78, 5) is 5.30. The molecule has 11 aromatic carbocycles. The number of para-hydroxylation sites is 2. The van der Waals surface area contributed by atoms with Crippen molar-refractivity contribution in [2.45, 2.75) is 97.8 Å². The van der Waals surface area contributed by atoms with Gasteiger partial charge in [0.1, 0.15) is 11.3 Å². The minimum Gasteiger partial charge on any atom is -0.454 e. The van der Waals surface area contributed by atoms with Crippen molar-refractivity contribution in [3.8, 4) is 27.9 Å². The van der Waals surface area contributed by atoms with E-state index >= 15 is 0 Å². The van der Waals surface area contributed by atoms with Crippen molar-refractivity contribution in [2.24, 2.45) is 0 Å². The van der Waals surface area contributed by atoms with Gasteiger partial charge in [0.25, 0.3) is 6.71 Å². The van der Waals surface area contributed by atoms with E-state index in [1.54, 1.807) is 0 Å². The van der Waals surface area contributed by atoms with Crippen molar-refractivity contribution < 1.29 is 4.42 Å². The molecule has 0 amide bonds. The van der Waals surface area contributed by atoms with Gasteiger partial charge >= 0.3 is 0 Å². The van der Waals surface area contributed by atoms with Gasteiger partial charge in [0.15, 0.2) is 5.58 Å². The van der Waals surface area contributed by atoms with Gasteiger partial charge in [0, 0.05) is 64.6 Å². The number of hydrogen-bond donors (Lipinski definition) is 0. The topological polar surface area (TPSA) is 24.6 Å². The van der Waals surface area contributed by atoms with Gasteiger partial charge in [-0.25, -0.2) is 0 Å². The van der Waals surface area contributed by atoms with Crippen molar-refractivity contribution in [1.29, 1.82) is 0 Å². The van der Waals surface area contributed by atoms with Crippen LogP contribution in [0.25, 0.3) is 92.5 Å². The van der Waals surface area contributed by atoms with E-state index in [-0.39, 0.29) is 28.4 Å². The van der Waals surface area contributed by atoms with Gasteiger partial charge in [-0.1, -0.05) is 216 Å². The van der Waals surface area contributed by atoms with E-state index < -0.39 is 0 Å². The van der Waals surface area contributed by atoms with Crippen LogP contribution in [0.4, 0.5) is 34.1 Å². The molecule has 3 aliphatic rings. The van der Waals surface area contributed by atoms with Gasteiger partial charge in [-0.3, -0.25) is 0 Å². The zero-order valence-corrected chi connectivity index (χ0v) is 52.3. The van der Waals surface area contributed by atoms with Crippen LogP contribution >= 0.6 is 11.3 Å². The molecule has 87 heavy (non-hydrogen) atoms. The Kier molecular flexibility index (Phi) is 10.8. The molecule has 3 aromatic heterocycles. The van der Waals surface area contributed by atoms with Crippen molar-refractivity contribution >= 4 is 132 Å². The van der Waals surface area contributed by atoms with Gasteiger partial charge in [-0.2, -0.15) is 0 Å². The first-order chi connectivity index (χ1) is 41.8. The number of hydrogen-bond acceptors (Lipinski definition) is 4. The zero-order valence-electron chi connectivity index (χ0n) is 51.4. The quantitative estimate of drug-likeness (QED) is 0.164. The molecule has 14 aromatic rings. The highest BCUT2D eigenvalue weighted by molar-refractivity contribution is 7.33. The number of nitrogens with zero attached hydrogens (tertiary/aromatic N) is 3. The molecule has 0 N–H and O–H groups in total. The van der Waals surface area contributed by atoms with Crippen molar-refractivity contribution in [3.05, 3.63) is 240 Å². The SMILES string of the molecule is CC(C)(C)c1ccc(N2c3cc(-c4ccc5ccccc5c4)cc4c3B(c3cc5c(oc6ccccc65)c(-n5c6ccccc6c6c7c(ccc65)C(C)(C)c5ccccc5-7)c32)c2sc3ccc(C(C)(C)C)cc3c2N4c2ccc(C(C)(C)C)cc2)cc1. The number of furan rings is 1. The second-order valence-electron chi connectivity index (χ2n) is 28.5. The van der Waals surface area contributed by atoms with Crippen LogP contribution in [0, 0.1) is 0 Å². The summed E-state index contributed by atoms with van der Waals surface area (Å²) in [7, 11) is 0. The Balaban J connectivity index is 1.08. The van der Waals surface area contributed by atoms with Crippen molar-refractivity contribution in [2.75, 3.05) is 9.80 Å². The highest BCUT2D eigenvalue weighted by Crippen LogP contribution is 2.57. The number of anilines is 6. The van der Waals surface area contributed by atoms with Crippen molar-refractivity contribution in [3.63, 3.8) is 0 Å². The lowest BCUT2D eigenvalue weighted by Crippen LogP contribution is -2.60. The van der Waals surface area contributed by atoms with E-state index in [0.717, 1.165) is 67.0 Å². The highest BCUT2D eigenvalue weighted by Gasteiger charge is 2.48. The van der Waals surface area contributed by atoms with Crippen molar-refractivity contribution in [1.82, 2.24) is 4.57 Å². The summed E-state index contributed by atoms with van der Waals surface area (Å²) in [5, 5.41) is 8.43. The molecular weight excluding hydrogens is 1070 g/mol. The second-order valence-corrected chi connectivity index (χ2v) is 29.6. The van der Waals surface area contributed by atoms with E-state index in [0.29, 0.717) is 0 Å². The molecule has 4 nitrogen and oxygen atoms in total. The summed E-state index contributed by atoms with van der Waals surface area (Å²) in [5.74, 6) is 0. The molecule has 0 spiro atoms. The van der Waals surface area contributed by atoms with E-state index in [9.17, 15) is 0 Å². The molecule has 0 saturated heterocycles. The number of benzene rings is 11. The summed E-state index contributed by atoms with van der Waals surface area (Å²) in [5.41, 5.74) is 25.8. The van der Waals surface area contributed by atoms with Gasteiger partial charge in [-0.15, -0.1) is 11.3 Å². The Hall–Kier alpha value is -9.10. The fourth-order valence-electron chi connectivity index (χ4n) is 15.3. The van der Waals surface area contributed by atoms with E-state index in [4.69, 9.17) is 4.42 Å². The molecule has 0 radical (unpaired) electrons. The van der Waals surface area contributed by atoms with Gasteiger partial charge in [0.2, 0.25) is 0 Å². The van der Waals surface area contributed by atoms with Crippen LogP contribution in [0.1, 0.15) is 104 Å². The first-order valence-corrected chi connectivity index (χ1v) is 31.8. The molecular formula is C81H68BN3OS. The summed E-state index contributed by atoms with van der Waals surface area (Å²) in [6, 6.07) is 81.5. The minimum absolute atomic E-state index is 0.0208. The standard InChI is InChI=1S/C81H68BN3OS/c1-78(2,3)51-30-35-54(36-31-51)83-66-43-50(49-29-28-47-20-12-13-21-48(47)42-49)44-67-72(66)82(77-73(83)60-45-53(80(7,8)9)34-41-69(60)87-77)63-46-59-56-22-16-19-27-68(56)86-76(59)75(74(63)84(67)55-37-32-52(33-38-55)79(4,5)6)85-64-26-18-15-24-58(64)71-65(85)40-39-62-70(71)57-23-14-17-25-61(57)81(62,10)11/h12-46H,1-11H3. The molecule has 5 heterocycles. The number of aromatic nitrogens is 1. The number of thiophene rings is 1. The molecule has 422 valence electrons. The minimum atomic E-state index is -0.182. The molecule has 0 fully saturated rings. The molecule has 6 heteroatoms. The predicted molar refractivity (Wildman–Crippen MR) is 374 cm³/mol. The van der Waals surface area contributed by atoms with E-state index in [1.165, 1.54) is 103 Å². The smallest absolute Gasteiger partial charge is 0.264 e. The Labute approximate surface area is 514 Å². The van der Waals surface area contributed by atoms with Gasteiger partial charge in [-0.05, 0) is 161 Å². The molecule has 17 rings (SSSR count). The largest absolute Gasteiger partial charge is 0.454 e. The average molecular weight is 1140 g/mol. The zero-order chi connectivity index (χ0) is 59.4. The summed E-state index contributed by atoms with van der Waals surface area (Å²) in [6.45, 7) is 25.5. The third-order valence-corrected chi connectivity index (χ3v) is 21.0. The lowest BCUT2D eigenvalue weighted by Gasteiger charge is -2.44. The Morgan fingerprint density at radius 1 is 0.448 bits per heavy atom. The normalized spacial score (nSPS) is 14.4. The fourth-order valence-corrected chi connectivity index (χ4v) is 16.6. The Bertz CT molecular complexity index is 5260. The van der Waals surface area contributed by atoms with E-state index in [1.807, 2.05) is 11.3 Å². The first kappa shape index (κ1) is 52.3. The lowest BCUT2D eigenvalue weighted by atomic mass is 9.36. The maximum atomic E-state index is 7.55. The molecule has 0 saturated carbocycles. The van der Waals surface area contributed by atoms with Gasteiger partial charge < -0.3 is 18.8 Å². The maximum Gasteiger partial charge on any atom is 0.264 e. The molecule has 0 unspecified atom stereocenters. The summed E-state index contributed by atoms with van der Waals surface area (Å²) >= 11 is 1.97. The fraction of sp³-hybridized carbons (Fsp3) is 0.185. The average Bonchev–Trinajstić information content (AvgIpc) is 1.66. The summed E-state index contributed by atoms with van der Waals surface area (Å²) in [6.07, 6.45) is 0. The van der Waals surface area contributed by atoms with Crippen LogP contribution in [-0.2, 0) is 21.7 Å². The predicted octanol–water partition coefficient (Wildman–Crippen LogP) is 21.0. The van der Waals surface area contributed by atoms with Crippen LogP contribution < -0.4 is 25.5 Å². The van der Waals surface area contributed by atoms with Crippen LogP contribution in [0.3, 0.4) is 0 Å². The third kappa shape index (κ3) is 7.50. The van der Waals surface area contributed by atoms with Crippen LogP contribution in [-0.4, -0.2) is 11.3 Å². The monoisotopic (exact) mass is 1140 g/mol. The molecule has 0 bridgehead atoms. The molecule has 2 aliphatic heterocycles. The second kappa shape index (κ2) is 18.0. The molecule has 1 aliphatic carbocycles. The Morgan fingerprint density at radius 2 is 1.06 bits per heavy atom. The number of fused-ring (bicyclic) bond motifs is 17. The lowest BCUT2D eigenvalue weighted by molar-refractivity contribution is 0.590. The van der Waals surface area contributed by atoms with Crippen LogP contribution in [0.5, 0.6) is 0 Å². The molecule has 0 atom stereocenters. The van der Waals surface area contributed by atoms with Crippen LogP contribution in [0.2, 0.25) is 0 Å². The van der Waals surface area contributed by atoms with Gasteiger partial charge in [0.05, 0.1) is 22.4 Å². The number of rotatable bonds is 4. The van der Waals surface area contributed by atoms with Crippen LogP contribution in [0.15, 0.2) is 217 Å². The highest BCUT2D eigenvalue weighted by atomic mass is 32.1. The third-order valence-electron chi connectivity index (χ3n) is 19.8. The Morgan fingerprint density at radius 3 is 1.76 bits per heavy atom. The van der Waals surface area contributed by atoms with E-state index in [2.05, 4.69) is 303 Å². The first-order valence-electron chi connectivity index (χ1n) is 31.0. The summed E-state index contributed by atoms with van der Waals surface area (Å²) < 4.78 is 12.8.